The lowest BCUT2D eigenvalue weighted by Gasteiger charge is -2.36. The number of carbonyl (C=O) groups is 1. The zero-order valence-electron chi connectivity index (χ0n) is 17.5. The van der Waals surface area contributed by atoms with Crippen LogP contribution in [0.3, 0.4) is 0 Å². The molecule has 1 aromatic heterocycles. The lowest BCUT2D eigenvalue weighted by Crippen LogP contribution is -2.49. The summed E-state index contributed by atoms with van der Waals surface area (Å²) in [4.78, 5) is 27.9. The van der Waals surface area contributed by atoms with Gasteiger partial charge in [-0.2, -0.15) is 0 Å². The van der Waals surface area contributed by atoms with E-state index in [1.165, 1.54) is 11.8 Å². The average Bonchev–Trinajstić information content (AvgIpc) is 2.83. The molecule has 31 heavy (non-hydrogen) atoms. The number of rotatable bonds is 6. The van der Waals surface area contributed by atoms with E-state index in [0.717, 1.165) is 43.4 Å². The van der Waals surface area contributed by atoms with Crippen molar-refractivity contribution in [1.82, 2.24) is 14.9 Å². The van der Waals surface area contributed by atoms with Crippen LogP contribution in [0.1, 0.15) is 0 Å². The highest BCUT2D eigenvalue weighted by Crippen LogP contribution is 2.28. The number of benzene rings is 1. The van der Waals surface area contributed by atoms with Gasteiger partial charge in [0, 0.05) is 45.3 Å². The molecular formula is C21H26ClN5O3S. The Bertz CT molecular complexity index is 904. The maximum Gasteiger partial charge on any atom is 0.233 e. The smallest absolute Gasteiger partial charge is 0.233 e. The molecule has 0 saturated carbocycles. The lowest BCUT2D eigenvalue weighted by molar-refractivity contribution is -0.128. The van der Waals surface area contributed by atoms with E-state index in [2.05, 4.69) is 25.8 Å². The van der Waals surface area contributed by atoms with Gasteiger partial charge in [-0.25, -0.2) is 9.97 Å². The summed E-state index contributed by atoms with van der Waals surface area (Å²) in [6, 6.07) is 9.73. The summed E-state index contributed by atoms with van der Waals surface area (Å²) < 4.78 is 10.9. The molecule has 0 radical (unpaired) electrons. The average molecular weight is 464 g/mol. The van der Waals surface area contributed by atoms with Crippen LogP contribution in [-0.4, -0.2) is 86.1 Å². The zero-order chi connectivity index (χ0) is 21.6. The van der Waals surface area contributed by atoms with Gasteiger partial charge in [0.05, 0.1) is 31.8 Å². The second-order valence-corrected chi connectivity index (χ2v) is 8.59. The van der Waals surface area contributed by atoms with E-state index in [0.29, 0.717) is 36.6 Å². The van der Waals surface area contributed by atoms with Crippen molar-refractivity contribution in [1.29, 1.82) is 0 Å². The van der Waals surface area contributed by atoms with Crippen molar-refractivity contribution in [2.75, 3.05) is 75.1 Å². The van der Waals surface area contributed by atoms with E-state index in [4.69, 9.17) is 21.1 Å². The number of nitrogens with zero attached hydrogens (tertiary/aromatic N) is 5. The van der Waals surface area contributed by atoms with Crippen molar-refractivity contribution >= 4 is 40.8 Å². The van der Waals surface area contributed by atoms with Gasteiger partial charge in [-0.1, -0.05) is 35.5 Å². The van der Waals surface area contributed by atoms with Gasteiger partial charge in [-0.05, 0) is 12.1 Å². The molecule has 4 rings (SSSR count). The zero-order valence-corrected chi connectivity index (χ0v) is 19.1. The summed E-state index contributed by atoms with van der Waals surface area (Å²) in [5.41, 5.74) is 1.06. The minimum absolute atomic E-state index is 0.0844. The number of methoxy groups -OCH3 is 1. The molecule has 0 N–H and O–H groups in total. The number of piperazine rings is 1. The molecule has 2 aliphatic heterocycles. The second-order valence-electron chi connectivity index (χ2n) is 7.26. The third-order valence-corrected chi connectivity index (χ3v) is 6.40. The minimum atomic E-state index is 0.0844. The molecule has 0 unspecified atom stereocenters. The Kier molecular flexibility index (Phi) is 7.37. The van der Waals surface area contributed by atoms with Crippen LogP contribution in [0, 0.1) is 0 Å². The molecule has 2 aromatic rings. The number of morpholine rings is 1. The molecule has 0 aliphatic carbocycles. The topological polar surface area (TPSA) is 71.0 Å². The molecule has 1 amide bonds. The normalized spacial score (nSPS) is 17.0. The summed E-state index contributed by atoms with van der Waals surface area (Å²) in [5.74, 6) is 2.01. The molecule has 1 aromatic carbocycles. The Morgan fingerprint density at radius 3 is 2.58 bits per heavy atom. The van der Waals surface area contributed by atoms with E-state index in [9.17, 15) is 4.79 Å². The summed E-state index contributed by atoms with van der Waals surface area (Å²) in [6.45, 7) is 5.77. The van der Waals surface area contributed by atoms with Crippen molar-refractivity contribution in [2.45, 2.75) is 5.16 Å². The van der Waals surface area contributed by atoms with E-state index in [1.807, 2.05) is 23.1 Å². The quantitative estimate of drug-likeness (QED) is 0.367. The summed E-state index contributed by atoms with van der Waals surface area (Å²) in [5, 5.41) is 0.909. The van der Waals surface area contributed by atoms with Gasteiger partial charge in [-0.15, -0.1) is 0 Å². The highest BCUT2D eigenvalue weighted by Gasteiger charge is 2.23. The number of para-hydroxylation sites is 2. The fourth-order valence-electron chi connectivity index (χ4n) is 3.71. The monoisotopic (exact) mass is 463 g/mol. The third-order valence-electron chi connectivity index (χ3n) is 5.38. The van der Waals surface area contributed by atoms with Gasteiger partial charge in [0.1, 0.15) is 16.7 Å². The number of ether oxygens (including phenoxy) is 2. The standard InChI is InChI=1S/C21H26ClN5O3S/c1-29-17-5-3-2-4-16(17)25-6-8-27(9-7-25)20(28)15-31-21-23-18(22)14-19(24-21)26-10-12-30-13-11-26/h2-5,14H,6-13,15H2,1H3. The number of thioether (sulfide) groups is 1. The van der Waals surface area contributed by atoms with Gasteiger partial charge >= 0.3 is 0 Å². The highest BCUT2D eigenvalue weighted by molar-refractivity contribution is 7.99. The molecule has 10 heteroatoms. The Labute approximate surface area is 191 Å². The molecule has 0 atom stereocenters. The van der Waals surface area contributed by atoms with E-state index >= 15 is 0 Å². The second kappa shape index (κ2) is 10.4. The summed E-state index contributed by atoms with van der Waals surface area (Å²) >= 11 is 7.53. The molecular weight excluding hydrogens is 438 g/mol. The van der Waals surface area contributed by atoms with Gasteiger partial charge in [0.2, 0.25) is 5.91 Å². The van der Waals surface area contributed by atoms with E-state index in [-0.39, 0.29) is 11.7 Å². The minimum Gasteiger partial charge on any atom is -0.495 e. The maximum atomic E-state index is 12.8. The number of hydrogen-bond acceptors (Lipinski definition) is 8. The van der Waals surface area contributed by atoms with E-state index in [1.54, 1.807) is 13.2 Å². The fraction of sp³-hybridized carbons (Fsp3) is 0.476. The first-order chi connectivity index (χ1) is 15.1. The third kappa shape index (κ3) is 5.53. The number of carbonyl (C=O) groups excluding carboxylic acids is 1. The number of halogens is 1. The maximum absolute atomic E-state index is 12.8. The molecule has 3 heterocycles. The SMILES string of the molecule is COc1ccccc1N1CCN(C(=O)CSc2nc(Cl)cc(N3CCOCC3)n2)CC1. The summed E-state index contributed by atoms with van der Waals surface area (Å²) in [7, 11) is 1.68. The van der Waals surface area contributed by atoms with Crippen LogP contribution in [-0.2, 0) is 9.53 Å². The van der Waals surface area contributed by atoms with Crippen LogP contribution >= 0.6 is 23.4 Å². The predicted octanol–water partition coefficient (Wildman–Crippen LogP) is 2.42. The largest absolute Gasteiger partial charge is 0.495 e. The number of anilines is 2. The Balaban J connectivity index is 1.31. The van der Waals surface area contributed by atoms with Crippen LogP contribution in [0.2, 0.25) is 5.15 Å². The van der Waals surface area contributed by atoms with Crippen LogP contribution in [0.25, 0.3) is 0 Å². The Hall–Kier alpha value is -2.23. The molecule has 0 spiro atoms. The molecule has 2 saturated heterocycles. The highest BCUT2D eigenvalue weighted by atomic mass is 35.5. The summed E-state index contributed by atoms with van der Waals surface area (Å²) in [6.07, 6.45) is 0. The fourth-order valence-corrected chi connectivity index (χ4v) is 4.69. The van der Waals surface area contributed by atoms with Gasteiger partial charge in [0.25, 0.3) is 0 Å². The van der Waals surface area contributed by atoms with Gasteiger partial charge in [0.15, 0.2) is 5.16 Å². The van der Waals surface area contributed by atoms with Crippen LogP contribution < -0.4 is 14.5 Å². The number of hydrogen-bond donors (Lipinski definition) is 0. The molecule has 166 valence electrons. The van der Waals surface area contributed by atoms with Gasteiger partial charge in [-0.3, -0.25) is 4.79 Å². The lowest BCUT2D eigenvalue weighted by atomic mass is 10.2. The van der Waals surface area contributed by atoms with Crippen molar-refractivity contribution in [2.24, 2.45) is 0 Å². The van der Waals surface area contributed by atoms with Crippen molar-refractivity contribution in [3.63, 3.8) is 0 Å². The Morgan fingerprint density at radius 1 is 1.10 bits per heavy atom. The van der Waals surface area contributed by atoms with Crippen molar-refractivity contribution in [3.8, 4) is 5.75 Å². The molecule has 2 aliphatic rings. The predicted molar refractivity (Wildman–Crippen MR) is 123 cm³/mol. The first-order valence-electron chi connectivity index (χ1n) is 10.3. The molecule has 0 bridgehead atoms. The first-order valence-corrected chi connectivity index (χ1v) is 11.7. The van der Waals surface area contributed by atoms with Crippen LogP contribution in [0.5, 0.6) is 5.75 Å². The van der Waals surface area contributed by atoms with E-state index < -0.39 is 0 Å². The molecule has 8 nitrogen and oxygen atoms in total. The van der Waals surface area contributed by atoms with Crippen LogP contribution in [0.15, 0.2) is 35.5 Å². The van der Waals surface area contributed by atoms with Crippen LogP contribution in [0.4, 0.5) is 11.5 Å². The number of amides is 1. The van der Waals surface area contributed by atoms with Gasteiger partial charge < -0.3 is 24.2 Å². The van der Waals surface area contributed by atoms with Crippen molar-refractivity contribution < 1.29 is 14.3 Å². The first kappa shape index (κ1) is 22.0. The Morgan fingerprint density at radius 2 is 1.84 bits per heavy atom. The number of aromatic nitrogens is 2. The van der Waals surface area contributed by atoms with Crippen molar-refractivity contribution in [3.05, 3.63) is 35.5 Å². The molecule has 2 fully saturated rings.